The summed E-state index contributed by atoms with van der Waals surface area (Å²) in [6.07, 6.45) is 8.70. The van der Waals surface area contributed by atoms with E-state index < -0.39 is 0 Å². The first kappa shape index (κ1) is 22.9. The first-order chi connectivity index (χ1) is 12.2. The minimum Gasteiger partial charge on any atom is -0.306 e. The highest BCUT2D eigenvalue weighted by Crippen LogP contribution is 2.41. The predicted molar refractivity (Wildman–Crippen MR) is 112 cm³/mol. The second kappa shape index (κ2) is 12.3. The van der Waals surface area contributed by atoms with Crippen molar-refractivity contribution in [2.24, 2.45) is 11.3 Å². The molecule has 0 amide bonds. The number of hydrogen-bond donors (Lipinski definition) is 0. The molecule has 0 aromatic heterocycles. The molecule has 0 unspecified atom stereocenters. The van der Waals surface area contributed by atoms with Crippen LogP contribution in [-0.2, 0) is 0 Å². The van der Waals surface area contributed by atoms with Crippen LogP contribution < -0.4 is 0 Å². The predicted octanol–water partition coefficient (Wildman–Crippen LogP) is 4.58. The van der Waals surface area contributed by atoms with Gasteiger partial charge in [0.1, 0.15) is 0 Å². The lowest BCUT2D eigenvalue weighted by Crippen LogP contribution is -2.47. The fraction of sp³-hybridized carbons (Fsp3) is 1.00. The van der Waals surface area contributed by atoms with Gasteiger partial charge in [0.05, 0.1) is 0 Å². The van der Waals surface area contributed by atoms with E-state index in [1.165, 1.54) is 90.9 Å². The number of piperidine rings is 3. The maximum absolute atomic E-state index is 2.79. The summed E-state index contributed by atoms with van der Waals surface area (Å²) in [5, 5.41) is 0. The Kier molecular flexibility index (Phi) is 11.3. The molecule has 3 saturated heterocycles. The maximum Gasteiger partial charge on any atom is 0.00106 e. The summed E-state index contributed by atoms with van der Waals surface area (Å²) in [6, 6.07) is 0. The van der Waals surface area contributed by atoms with E-state index in [4.69, 9.17) is 0 Å². The third-order valence-corrected chi connectivity index (χ3v) is 6.64. The molecule has 0 atom stereocenters. The normalized spacial score (nSPS) is 25.7. The van der Waals surface area contributed by atoms with Crippen LogP contribution in [0, 0.1) is 11.3 Å². The molecule has 0 N–H and O–H groups in total. The molecular weight excluding hydrogens is 306 g/mol. The van der Waals surface area contributed by atoms with Gasteiger partial charge in [-0.15, -0.1) is 0 Å². The molecule has 0 bridgehead atoms. The molecule has 150 valence electrons. The number of hydrogen-bond acceptors (Lipinski definition) is 3. The van der Waals surface area contributed by atoms with Crippen molar-refractivity contribution in [3.8, 4) is 0 Å². The Balaban J connectivity index is 0.000000730. The second-order valence-corrected chi connectivity index (χ2v) is 7.98. The van der Waals surface area contributed by atoms with Crippen molar-refractivity contribution in [2.45, 2.75) is 73.1 Å². The summed E-state index contributed by atoms with van der Waals surface area (Å²) in [5.74, 6) is 0.972. The van der Waals surface area contributed by atoms with Crippen LogP contribution in [0.1, 0.15) is 73.1 Å². The van der Waals surface area contributed by atoms with E-state index in [2.05, 4.69) is 28.7 Å². The molecule has 0 aromatic rings. The SMILES string of the molecule is CC.CC.CCN1CCC(CN2CCC3(CCN(C)CC3)CC2)CC1. The summed E-state index contributed by atoms with van der Waals surface area (Å²) in [5.41, 5.74) is 0.717. The summed E-state index contributed by atoms with van der Waals surface area (Å²) in [4.78, 5) is 7.91. The highest BCUT2D eigenvalue weighted by molar-refractivity contribution is 4.90. The van der Waals surface area contributed by atoms with Crippen LogP contribution in [0.3, 0.4) is 0 Å². The van der Waals surface area contributed by atoms with Crippen molar-refractivity contribution in [1.29, 1.82) is 0 Å². The second-order valence-electron chi connectivity index (χ2n) is 7.98. The van der Waals surface area contributed by atoms with Gasteiger partial charge in [-0.1, -0.05) is 34.6 Å². The summed E-state index contributed by atoms with van der Waals surface area (Å²) >= 11 is 0. The molecule has 3 aliphatic heterocycles. The Hall–Kier alpha value is -0.120. The lowest BCUT2D eigenvalue weighted by Gasteiger charge is -2.47. The van der Waals surface area contributed by atoms with Gasteiger partial charge in [-0.2, -0.15) is 0 Å². The standard InChI is InChI=1S/C18H35N3.2C2H6/c1-3-20-10-4-17(5-11-20)16-21-14-8-18(9-15-21)6-12-19(2)13-7-18;2*1-2/h17H,3-16H2,1-2H3;2*1-2H3. The average molecular weight is 354 g/mol. The molecule has 3 rings (SSSR count). The average Bonchev–Trinajstić information content (AvgIpc) is 2.70. The minimum absolute atomic E-state index is 0.717. The molecule has 0 aromatic carbocycles. The van der Waals surface area contributed by atoms with Crippen molar-refractivity contribution >= 4 is 0 Å². The summed E-state index contributed by atoms with van der Waals surface area (Å²) in [7, 11) is 2.28. The van der Waals surface area contributed by atoms with Gasteiger partial charge in [0.15, 0.2) is 0 Å². The van der Waals surface area contributed by atoms with Crippen LogP contribution in [0.2, 0.25) is 0 Å². The van der Waals surface area contributed by atoms with E-state index in [1.807, 2.05) is 27.7 Å². The van der Waals surface area contributed by atoms with Gasteiger partial charge in [-0.05, 0) is 103 Å². The number of likely N-dealkylation sites (tertiary alicyclic amines) is 3. The molecule has 3 heterocycles. The van der Waals surface area contributed by atoms with Gasteiger partial charge in [-0.25, -0.2) is 0 Å². The molecule has 3 nitrogen and oxygen atoms in total. The zero-order chi connectivity index (χ0) is 18.7. The minimum atomic E-state index is 0.717. The van der Waals surface area contributed by atoms with Gasteiger partial charge >= 0.3 is 0 Å². The first-order valence-corrected chi connectivity index (χ1v) is 11.3. The maximum atomic E-state index is 2.79. The molecule has 3 heteroatoms. The number of nitrogens with zero attached hydrogens (tertiary/aromatic N) is 3. The van der Waals surface area contributed by atoms with Crippen molar-refractivity contribution in [3.63, 3.8) is 0 Å². The van der Waals surface area contributed by atoms with E-state index in [9.17, 15) is 0 Å². The third-order valence-electron chi connectivity index (χ3n) is 6.64. The monoisotopic (exact) mass is 353 g/mol. The fourth-order valence-corrected chi connectivity index (χ4v) is 4.65. The highest BCUT2D eigenvalue weighted by atomic mass is 15.2. The molecule has 0 radical (unpaired) electrons. The van der Waals surface area contributed by atoms with E-state index in [-0.39, 0.29) is 0 Å². The number of rotatable bonds is 3. The lowest BCUT2D eigenvalue weighted by molar-refractivity contribution is 0.0322. The summed E-state index contributed by atoms with van der Waals surface area (Å²) < 4.78 is 0. The van der Waals surface area contributed by atoms with Crippen LogP contribution in [0.5, 0.6) is 0 Å². The van der Waals surface area contributed by atoms with Crippen LogP contribution in [0.4, 0.5) is 0 Å². The van der Waals surface area contributed by atoms with Crippen molar-refractivity contribution in [2.75, 3.05) is 59.4 Å². The van der Waals surface area contributed by atoms with Crippen LogP contribution >= 0.6 is 0 Å². The van der Waals surface area contributed by atoms with Gasteiger partial charge in [0.25, 0.3) is 0 Å². The zero-order valence-electron chi connectivity index (χ0n) is 18.3. The highest BCUT2D eigenvalue weighted by Gasteiger charge is 2.37. The quantitative estimate of drug-likeness (QED) is 0.735. The van der Waals surface area contributed by atoms with Crippen LogP contribution in [0.25, 0.3) is 0 Å². The van der Waals surface area contributed by atoms with Crippen molar-refractivity contribution < 1.29 is 0 Å². The smallest absolute Gasteiger partial charge is 0.00106 e. The van der Waals surface area contributed by atoms with Crippen molar-refractivity contribution in [1.82, 2.24) is 14.7 Å². The Morgan fingerprint density at radius 1 is 0.720 bits per heavy atom. The summed E-state index contributed by atoms with van der Waals surface area (Å²) in [6.45, 7) is 21.0. The molecule has 3 aliphatic rings. The Bertz CT molecular complexity index is 305. The first-order valence-electron chi connectivity index (χ1n) is 11.3. The van der Waals surface area contributed by atoms with E-state index in [0.717, 1.165) is 5.92 Å². The molecular formula is C22H47N3. The molecule has 0 aliphatic carbocycles. The van der Waals surface area contributed by atoms with Crippen LogP contribution in [0.15, 0.2) is 0 Å². The molecule has 25 heavy (non-hydrogen) atoms. The Morgan fingerprint density at radius 3 is 1.68 bits per heavy atom. The van der Waals surface area contributed by atoms with Gasteiger partial charge < -0.3 is 14.7 Å². The van der Waals surface area contributed by atoms with Crippen LogP contribution in [-0.4, -0.2) is 74.1 Å². The lowest BCUT2D eigenvalue weighted by atomic mass is 9.71. The largest absolute Gasteiger partial charge is 0.306 e. The van der Waals surface area contributed by atoms with E-state index >= 15 is 0 Å². The van der Waals surface area contributed by atoms with E-state index in [0.29, 0.717) is 5.41 Å². The Morgan fingerprint density at radius 2 is 1.20 bits per heavy atom. The van der Waals surface area contributed by atoms with E-state index in [1.54, 1.807) is 0 Å². The third kappa shape index (κ3) is 7.19. The molecule has 1 spiro atoms. The van der Waals surface area contributed by atoms with Crippen molar-refractivity contribution in [3.05, 3.63) is 0 Å². The van der Waals surface area contributed by atoms with Gasteiger partial charge in [0.2, 0.25) is 0 Å². The Labute approximate surface area is 159 Å². The van der Waals surface area contributed by atoms with Gasteiger partial charge in [-0.3, -0.25) is 0 Å². The molecule has 0 saturated carbocycles. The van der Waals surface area contributed by atoms with Gasteiger partial charge in [0, 0.05) is 6.54 Å². The zero-order valence-corrected chi connectivity index (χ0v) is 18.3. The molecule has 3 fully saturated rings. The fourth-order valence-electron chi connectivity index (χ4n) is 4.65. The topological polar surface area (TPSA) is 9.72 Å².